The number of aryl methyl sites for hydroxylation is 1. The van der Waals surface area contributed by atoms with Crippen molar-refractivity contribution >= 4 is 23.5 Å². The van der Waals surface area contributed by atoms with Gasteiger partial charge in [0.2, 0.25) is 0 Å². The number of hydrogen-bond donors (Lipinski definition) is 3. The number of benzene rings is 1. The molecule has 150 valence electrons. The van der Waals surface area contributed by atoms with Crippen LogP contribution in [0, 0.1) is 6.92 Å². The van der Waals surface area contributed by atoms with Gasteiger partial charge in [0.1, 0.15) is 0 Å². The van der Waals surface area contributed by atoms with Gasteiger partial charge >= 0.3 is 5.97 Å². The highest BCUT2D eigenvalue weighted by Gasteiger charge is 2.23. The minimum absolute atomic E-state index is 0.155. The minimum Gasteiger partial charge on any atom is -0.481 e. The van der Waals surface area contributed by atoms with E-state index in [9.17, 15) is 14.4 Å². The van der Waals surface area contributed by atoms with Crippen molar-refractivity contribution in [2.45, 2.75) is 19.4 Å². The third-order valence-electron chi connectivity index (χ3n) is 4.00. The van der Waals surface area contributed by atoms with Crippen molar-refractivity contribution in [1.29, 1.82) is 0 Å². The molecule has 0 fully saturated rings. The number of quaternary nitrogens is 1. The van der Waals surface area contributed by atoms with Gasteiger partial charge in [0.15, 0.2) is 5.76 Å². The molecule has 0 radical (unpaired) electrons. The summed E-state index contributed by atoms with van der Waals surface area (Å²) in [6.07, 6.45) is 1.29. The molecular weight excluding hydrogens is 362 g/mol. The molecule has 0 aliphatic carbocycles. The number of aliphatic carboxylic acids is 1. The molecule has 0 saturated carbocycles. The third-order valence-corrected chi connectivity index (χ3v) is 4.00. The van der Waals surface area contributed by atoms with E-state index in [1.807, 2.05) is 21.1 Å². The summed E-state index contributed by atoms with van der Waals surface area (Å²) in [6, 6.07) is 7.57. The van der Waals surface area contributed by atoms with Gasteiger partial charge in [-0.05, 0) is 37.3 Å². The Morgan fingerprint density at radius 3 is 2.21 bits per heavy atom. The number of nitrogens with zero attached hydrogens (tertiary/aromatic N) is 1. The summed E-state index contributed by atoms with van der Waals surface area (Å²) in [5, 5.41) is 14.6. The Labute approximate surface area is 163 Å². The van der Waals surface area contributed by atoms with Crippen molar-refractivity contribution in [1.82, 2.24) is 5.32 Å². The maximum absolute atomic E-state index is 12.5. The van der Waals surface area contributed by atoms with Gasteiger partial charge in [-0.15, -0.1) is 0 Å². The van der Waals surface area contributed by atoms with Crippen LogP contribution in [-0.2, 0) is 4.79 Å². The maximum atomic E-state index is 12.5. The Kier molecular flexibility index (Phi) is 6.58. The van der Waals surface area contributed by atoms with Crippen LogP contribution in [0.3, 0.4) is 0 Å². The molecule has 8 heteroatoms. The van der Waals surface area contributed by atoms with Crippen molar-refractivity contribution < 1.29 is 28.4 Å². The molecule has 2 aromatic rings. The van der Waals surface area contributed by atoms with Crippen LogP contribution in [0.15, 0.2) is 41.0 Å². The fourth-order valence-electron chi connectivity index (χ4n) is 2.80. The number of rotatable bonds is 8. The van der Waals surface area contributed by atoms with Crippen molar-refractivity contribution in [2.75, 3.05) is 33.0 Å². The summed E-state index contributed by atoms with van der Waals surface area (Å²) in [5.41, 5.74) is 1.63. The van der Waals surface area contributed by atoms with Crippen molar-refractivity contribution in [3.63, 3.8) is 0 Å². The smallest absolute Gasteiger partial charge is 0.305 e. The molecule has 0 bridgehead atoms. The summed E-state index contributed by atoms with van der Waals surface area (Å²) in [5.74, 6) is -1.47. The van der Waals surface area contributed by atoms with E-state index >= 15 is 0 Å². The van der Waals surface area contributed by atoms with E-state index < -0.39 is 12.0 Å². The van der Waals surface area contributed by atoms with Gasteiger partial charge in [0, 0.05) is 16.8 Å². The Morgan fingerprint density at radius 2 is 1.71 bits per heavy atom. The lowest BCUT2D eigenvalue weighted by Crippen LogP contribution is -2.49. The number of amides is 2. The number of carbonyl (C=O) groups excluding carboxylic acids is 2. The maximum Gasteiger partial charge on any atom is 0.305 e. The second-order valence-electron chi connectivity index (χ2n) is 7.71. The molecule has 3 N–H and O–H groups in total. The molecule has 0 spiro atoms. The van der Waals surface area contributed by atoms with Crippen LogP contribution in [0.25, 0.3) is 0 Å². The SMILES string of the molecule is Cc1ccoc1C(=O)Nc1ccc(C(=O)N[C@H](CC(=O)O)C[N+](C)(C)C)cc1. The highest BCUT2D eigenvalue weighted by Crippen LogP contribution is 2.14. The Hall–Kier alpha value is -3.13. The first kappa shape index (κ1) is 21.2. The lowest BCUT2D eigenvalue weighted by Gasteiger charge is -2.29. The van der Waals surface area contributed by atoms with E-state index in [1.54, 1.807) is 37.3 Å². The quantitative estimate of drug-likeness (QED) is 0.600. The highest BCUT2D eigenvalue weighted by molar-refractivity contribution is 6.03. The zero-order valence-electron chi connectivity index (χ0n) is 16.5. The molecule has 0 aliphatic heterocycles. The van der Waals surface area contributed by atoms with E-state index in [4.69, 9.17) is 9.52 Å². The molecule has 0 saturated heterocycles. The van der Waals surface area contributed by atoms with Crippen LogP contribution < -0.4 is 10.6 Å². The molecule has 8 nitrogen and oxygen atoms in total. The van der Waals surface area contributed by atoms with E-state index in [2.05, 4.69) is 10.6 Å². The number of anilines is 1. The predicted molar refractivity (Wildman–Crippen MR) is 104 cm³/mol. The van der Waals surface area contributed by atoms with Gasteiger partial charge in [0.05, 0.1) is 46.4 Å². The van der Waals surface area contributed by atoms with Crippen molar-refractivity contribution in [3.05, 3.63) is 53.5 Å². The standard InChI is InChI=1S/C20H25N3O5/c1-13-9-10-28-18(13)20(27)21-15-7-5-14(6-8-15)19(26)22-16(11-17(24)25)12-23(2,3)4/h5-10,16H,11-12H2,1-4H3,(H2-,21,22,24,25,26,27)/p+1/t16-/m1/s1. The molecule has 1 heterocycles. The van der Waals surface area contributed by atoms with E-state index in [0.717, 1.165) is 5.56 Å². The van der Waals surface area contributed by atoms with Crippen LogP contribution in [0.2, 0.25) is 0 Å². The fraction of sp³-hybridized carbons (Fsp3) is 0.350. The van der Waals surface area contributed by atoms with Crippen LogP contribution >= 0.6 is 0 Å². The lowest BCUT2D eigenvalue weighted by atomic mass is 10.1. The number of likely N-dealkylation sites (N-methyl/N-ethyl adjacent to an activating group) is 1. The Balaban J connectivity index is 2.02. The monoisotopic (exact) mass is 388 g/mol. The van der Waals surface area contributed by atoms with Crippen LogP contribution in [0.5, 0.6) is 0 Å². The van der Waals surface area contributed by atoms with Gasteiger partial charge in [-0.25, -0.2) is 0 Å². The zero-order valence-corrected chi connectivity index (χ0v) is 16.5. The summed E-state index contributed by atoms with van der Waals surface area (Å²) in [4.78, 5) is 35.7. The molecule has 0 aliphatic rings. The van der Waals surface area contributed by atoms with Crippen LogP contribution in [0.1, 0.15) is 32.9 Å². The number of carboxylic acid groups (broad SMARTS) is 1. The molecule has 1 atom stereocenters. The highest BCUT2D eigenvalue weighted by atomic mass is 16.4. The molecule has 1 aromatic carbocycles. The molecular formula is C20H26N3O5+. The second-order valence-corrected chi connectivity index (χ2v) is 7.71. The third kappa shape index (κ3) is 6.24. The topological polar surface area (TPSA) is 109 Å². The number of nitrogens with one attached hydrogen (secondary N) is 2. The summed E-state index contributed by atoms with van der Waals surface area (Å²) >= 11 is 0. The second kappa shape index (κ2) is 8.71. The predicted octanol–water partition coefficient (Wildman–Crippen LogP) is 2.12. The van der Waals surface area contributed by atoms with Gasteiger partial charge < -0.3 is 24.6 Å². The van der Waals surface area contributed by atoms with Crippen LogP contribution in [-0.4, -0.2) is 61.1 Å². The first-order valence-electron chi connectivity index (χ1n) is 8.84. The number of hydrogen-bond acceptors (Lipinski definition) is 4. The number of furan rings is 1. The van der Waals surface area contributed by atoms with E-state index in [0.29, 0.717) is 22.3 Å². The molecule has 2 rings (SSSR count). The normalized spacial score (nSPS) is 12.3. The Morgan fingerprint density at radius 1 is 1.07 bits per heavy atom. The number of carbonyl (C=O) groups is 3. The largest absolute Gasteiger partial charge is 0.481 e. The van der Waals surface area contributed by atoms with Crippen molar-refractivity contribution in [3.8, 4) is 0 Å². The van der Waals surface area contributed by atoms with Gasteiger partial charge in [0.25, 0.3) is 11.8 Å². The zero-order chi connectivity index (χ0) is 20.9. The molecule has 0 unspecified atom stereocenters. The van der Waals surface area contributed by atoms with E-state index in [-0.39, 0.29) is 24.0 Å². The van der Waals surface area contributed by atoms with Crippen LogP contribution in [0.4, 0.5) is 5.69 Å². The van der Waals surface area contributed by atoms with Crippen molar-refractivity contribution in [2.24, 2.45) is 0 Å². The Bertz CT molecular complexity index is 849. The number of carboxylic acids is 1. The first-order chi connectivity index (χ1) is 13.0. The van der Waals surface area contributed by atoms with Gasteiger partial charge in [-0.1, -0.05) is 0 Å². The average Bonchev–Trinajstić information content (AvgIpc) is 2.99. The lowest BCUT2D eigenvalue weighted by molar-refractivity contribution is -0.871. The first-order valence-corrected chi connectivity index (χ1v) is 8.84. The molecule has 2 amide bonds. The summed E-state index contributed by atoms with van der Waals surface area (Å²) in [6.45, 7) is 2.25. The summed E-state index contributed by atoms with van der Waals surface area (Å²) in [7, 11) is 5.79. The van der Waals surface area contributed by atoms with Gasteiger partial charge in [-0.3, -0.25) is 14.4 Å². The molecule has 28 heavy (non-hydrogen) atoms. The summed E-state index contributed by atoms with van der Waals surface area (Å²) < 4.78 is 5.67. The average molecular weight is 388 g/mol. The molecule has 1 aromatic heterocycles. The fourth-order valence-corrected chi connectivity index (χ4v) is 2.80. The van der Waals surface area contributed by atoms with E-state index in [1.165, 1.54) is 6.26 Å². The van der Waals surface area contributed by atoms with Gasteiger partial charge in [-0.2, -0.15) is 0 Å². The minimum atomic E-state index is -0.968.